The summed E-state index contributed by atoms with van der Waals surface area (Å²) < 4.78 is 14.0. The summed E-state index contributed by atoms with van der Waals surface area (Å²) in [7, 11) is 4.14. The van der Waals surface area contributed by atoms with E-state index in [9.17, 15) is 4.79 Å². The Balaban J connectivity index is 1.28. The molecule has 1 saturated heterocycles. The van der Waals surface area contributed by atoms with Crippen LogP contribution in [0.5, 0.6) is 5.75 Å². The van der Waals surface area contributed by atoms with Crippen LogP contribution >= 0.6 is 0 Å². The third-order valence-corrected chi connectivity index (χ3v) is 7.59. The maximum Gasteiger partial charge on any atom is 0.324 e. The first-order chi connectivity index (χ1) is 20.6. The average Bonchev–Trinajstić information content (AvgIpc) is 3.39. The number of nitrogens with zero attached hydrogens (tertiary/aromatic N) is 4. The number of rotatable bonds is 9. The lowest BCUT2D eigenvalue weighted by molar-refractivity contribution is -0.0405. The van der Waals surface area contributed by atoms with Gasteiger partial charge in [0.15, 0.2) is 0 Å². The summed E-state index contributed by atoms with van der Waals surface area (Å²) in [6.45, 7) is 13.2. The van der Waals surface area contributed by atoms with Crippen LogP contribution in [0.4, 0.5) is 16.3 Å². The molecular formula is C34H44N6O3. The van der Waals surface area contributed by atoms with Crippen LogP contribution in [0.25, 0.3) is 16.5 Å². The number of nitrogens with one attached hydrogen (secondary N) is 2. The van der Waals surface area contributed by atoms with E-state index in [1.165, 1.54) is 0 Å². The topological polar surface area (TPSA) is 83.9 Å². The summed E-state index contributed by atoms with van der Waals surface area (Å²) in [6.07, 6.45) is 0.219. The molecule has 2 N–H and O–H groups in total. The van der Waals surface area contributed by atoms with Gasteiger partial charge in [-0.2, -0.15) is 5.10 Å². The molecule has 0 spiro atoms. The van der Waals surface area contributed by atoms with Crippen molar-refractivity contribution >= 4 is 28.3 Å². The van der Waals surface area contributed by atoms with Crippen molar-refractivity contribution in [2.45, 2.75) is 39.2 Å². The molecule has 3 aromatic carbocycles. The molecule has 1 aliphatic rings. The van der Waals surface area contributed by atoms with Gasteiger partial charge in [-0.3, -0.25) is 10.2 Å². The number of carbonyl (C=O) groups is 1. The van der Waals surface area contributed by atoms with E-state index in [0.29, 0.717) is 18.1 Å². The fraction of sp³-hybridized carbons (Fsp3) is 0.412. The van der Waals surface area contributed by atoms with Crippen LogP contribution in [-0.2, 0) is 10.2 Å². The van der Waals surface area contributed by atoms with E-state index in [4.69, 9.17) is 14.6 Å². The van der Waals surface area contributed by atoms with E-state index >= 15 is 0 Å². The first-order valence-corrected chi connectivity index (χ1v) is 15.0. The zero-order valence-corrected chi connectivity index (χ0v) is 26.2. The summed E-state index contributed by atoms with van der Waals surface area (Å²) in [4.78, 5) is 17.9. The molecule has 228 valence electrons. The molecule has 9 nitrogen and oxygen atoms in total. The summed E-state index contributed by atoms with van der Waals surface area (Å²) in [5.74, 6) is 1.40. The lowest BCUT2D eigenvalue weighted by atomic mass is 9.92. The number of fused-ring (bicyclic) bond motifs is 1. The molecule has 9 heteroatoms. The van der Waals surface area contributed by atoms with E-state index < -0.39 is 0 Å². The number of hydrogen-bond donors (Lipinski definition) is 2. The van der Waals surface area contributed by atoms with Crippen molar-refractivity contribution in [3.8, 4) is 11.4 Å². The van der Waals surface area contributed by atoms with Gasteiger partial charge in [0, 0.05) is 48.4 Å². The molecule has 1 aliphatic heterocycles. The number of aromatic nitrogens is 2. The van der Waals surface area contributed by atoms with Gasteiger partial charge in [-0.15, -0.1) is 0 Å². The number of benzene rings is 3. The first kappa shape index (κ1) is 30.5. The minimum absolute atomic E-state index is 0.176. The largest absolute Gasteiger partial charge is 0.492 e. The van der Waals surface area contributed by atoms with Crippen LogP contribution in [0.3, 0.4) is 0 Å². The Morgan fingerprint density at radius 3 is 2.51 bits per heavy atom. The van der Waals surface area contributed by atoms with Crippen LogP contribution in [0.15, 0.2) is 66.7 Å². The molecule has 43 heavy (non-hydrogen) atoms. The lowest BCUT2D eigenvalue weighted by Crippen LogP contribution is -2.47. The second-order valence-corrected chi connectivity index (χ2v) is 12.6. The molecule has 0 bridgehead atoms. The zero-order chi connectivity index (χ0) is 30.6. The highest BCUT2D eigenvalue weighted by Gasteiger charge is 2.23. The number of amides is 2. The van der Waals surface area contributed by atoms with Gasteiger partial charge in [-0.05, 0) is 45.3 Å². The van der Waals surface area contributed by atoms with Crippen LogP contribution < -0.4 is 15.4 Å². The van der Waals surface area contributed by atoms with Crippen molar-refractivity contribution in [2.75, 3.05) is 64.1 Å². The predicted octanol–water partition coefficient (Wildman–Crippen LogP) is 5.92. The summed E-state index contributed by atoms with van der Waals surface area (Å²) in [5, 5.41) is 12.8. The normalized spacial score (nSPS) is 16.0. The maximum atomic E-state index is 13.3. The molecule has 1 aromatic heterocycles. The molecule has 0 saturated carbocycles. The van der Waals surface area contributed by atoms with Gasteiger partial charge in [0.2, 0.25) is 0 Å². The maximum absolute atomic E-state index is 13.3. The standard InChI is InChI=1S/C34H44N6O3/c1-24-11-13-25(14-12-24)40-32(21-31(37-40)34(2,3)4)36-33(41)35-29-15-16-30(28-10-8-7-9-27(28)29)43-20-18-39-17-19-42-26(23-39)22-38(5)6/h7-16,21,26H,17-20,22-23H2,1-6H3,(H2,35,36,41)/t26-/m0/s1. The van der Waals surface area contributed by atoms with Crippen molar-refractivity contribution < 1.29 is 14.3 Å². The molecular weight excluding hydrogens is 540 g/mol. The van der Waals surface area contributed by atoms with Crippen molar-refractivity contribution in [3.05, 3.63) is 78.0 Å². The van der Waals surface area contributed by atoms with Crippen LogP contribution in [0.2, 0.25) is 0 Å². The highest BCUT2D eigenvalue weighted by Crippen LogP contribution is 2.32. The number of carbonyl (C=O) groups excluding carboxylic acids is 1. The van der Waals surface area contributed by atoms with Crippen molar-refractivity contribution in [3.63, 3.8) is 0 Å². The minimum atomic E-state index is -0.341. The Labute approximate surface area is 254 Å². The second-order valence-electron chi connectivity index (χ2n) is 12.6. The Bertz CT molecular complexity index is 1540. The van der Waals surface area contributed by atoms with E-state index in [-0.39, 0.29) is 17.6 Å². The number of ether oxygens (including phenoxy) is 2. The van der Waals surface area contributed by atoms with Gasteiger partial charge < -0.3 is 19.7 Å². The van der Waals surface area contributed by atoms with E-state index in [1.807, 2.05) is 73.7 Å². The average molecular weight is 585 g/mol. The van der Waals surface area contributed by atoms with E-state index in [0.717, 1.165) is 66.3 Å². The smallest absolute Gasteiger partial charge is 0.324 e. The zero-order valence-electron chi connectivity index (χ0n) is 26.2. The SMILES string of the molecule is Cc1ccc(-n2nc(C(C)(C)C)cc2NC(=O)Nc2ccc(OCCN3CCO[C@@H](CN(C)C)C3)c3ccccc23)cc1. The summed E-state index contributed by atoms with van der Waals surface area (Å²) >= 11 is 0. The van der Waals surface area contributed by atoms with Crippen LogP contribution in [-0.4, -0.2) is 85.2 Å². The summed E-state index contributed by atoms with van der Waals surface area (Å²) in [6, 6.07) is 21.5. The number of morpholine rings is 1. The number of urea groups is 1. The van der Waals surface area contributed by atoms with Crippen molar-refractivity contribution in [2.24, 2.45) is 0 Å². The predicted molar refractivity (Wildman–Crippen MR) is 174 cm³/mol. The molecule has 4 aromatic rings. The molecule has 0 radical (unpaired) electrons. The Hall–Kier alpha value is -3.92. The molecule has 2 amide bonds. The molecule has 2 heterocycles. The molecule has 1 fully saturated rings. The van der Waals surface area contributed by atoms with Gasteiger partial charge >= 0.3 is 6.03 Å². The Kier molecular flexibility index (Phi) is 9.34. The fourth-order valence-electron chi connectivity index (χ4n) is 5.28. The minimum Gasteiger partial charge on any atom is -0.492 e. The third-order valence-electron chi connectivity index (χ3n) is 7.59. The number of anilines is 2. The number of hydrogen-bond acceptors (Lipinski definition) is 6. The van der Waals surface area contributed by atoms with Crippen LogP contribution in [0.1, 0.15) is 32.0 Å². The van der Waals surface area contributed by atoms with Crippen molar-refractivity contribution in [1.82, 2.24) is 19.6 Å². The van der Waals surface area contributed by atoms with Gasteiger partial charge in [-0.1, -0.05) is 62.7 Å². The third kappa shape index (κ3) is 7.73. The molecule has 1 atom stereocenters. The highest BCUT2D eigenvalue weighted by molar-refractivity contribution is 6.07. The molecule has 0 unspecified atom stereocenters. The highest BCUT2D eigenvalue weighted by atomic mass is 16.5. The van der Waals surface area contributed by atoms with Crippen LogP contribution in [0, 0.1) is 6.92 Å². The monoisotopic (exact) mass is 584 g/mol. The molecule has 0 aliphatic carbocycles. The quantitative estimate of drug-likeness (QED) is 0.254. The second kappa shape index (κ2) is 13.2. The van der Waals surface area contributed by atoms with Gasteiger partial charge in [-0.25, -0.2) is 9.48 Å². The van der Waals surface area contributed by atoms with Crippen molar-refractivity contribution in [1.29, 1.82) is 0 Å². The van der Waals surface area contributed by atoms with Gasteiger partial charge in [0.1, 0.15) is 18.2 Å². The van der Waals surface area contributed by atoms with Gasteiger partial charge in [0.05, 0.1) is 29.8 Å². The number of aryl methyl sites for hydroxylation is 1. The van der Waals surface area contributed by atoms with Gasteiger partial charge in [0.25, 0.3) is 0 Å². The first-order valence-electron chi connectivity index (χ1n) is 15.0. The number of likely N-dealkylation sites (N-methyl/N-ethyl adjacent to an activating group) is 1. The molecule has 5 rings (SSSR count). The Morgan fingerprint density at radius 2 is 1.79 bits per heavy atom. The summed E-state index contributed by atoms with van der Waals surface area (Å²) in [5.41, 5.74) is 3.46. The lowest BCUT2D eigenvalue weighted by Gasteiger charge is -2.34. The fourth-order valence-corrected chi connectivity index (χ4v) is 5.28. The van der Waals surface area contributed by atoms with E-state index in [1.54, 1.807) is 4.68 Å². The Morgan fingerprint density at radius 1 is 1.05 bits per heavy atom. The van der Waals surface area contributed by atoms with E-state index in [2.05, 4.69) is 55.3 Å².